The van der Waals surface area contributed by atoms with Gasteiger partial charge in [0, 0.05) is 6.54 Å². The van der Waals surface area contributed by atoms with Gasteiger partial charge in [-0.15, -0.1) is 5.10 Å². The zero-order valence-corrected chi connectivity index (χ0v) is 12.0. The summed E-state index contributed by atoms with van der Waals surface area (Å²) in [5.41, 5.74) is 1.48. The van der Waals surface area contributed by atoms with Crippen LogP contribution in [-0.4, -0.2) is 39.9 Å². The van der Waals surface area contributed by atoms with Gasteiger partial charge in [0.1, 0.15) is 0 Å². The van der Waals surface area contributed by atoms with Gasteiger partial charge in [-0.3, -0.25) is 9.59 Å². The predicted molar refractivity (Wildman–Crippen MR) is 77.1 cm³/mol. The molecule has 0 bridgehead atoms. The first kappa shape index (κ1) is 14.7. The number of hydrogen-bond donors (Lipinski definition) is 2. The third kappa shape index (κ3) is 3.65. The summed E-state index contributed by atoms with van der Waals surface area (Å²) in [4.78, 5) is 24.7. The molecule has 7 nitrogen and oxygen atoms in total. The van der Waals surface area contributed by atoms with E-state index in [4.69, 9.17) is 0 Å². The van der Waals surface area contributed by atoms with Crippen LogP contribution in [0.15, 0.2) is 30.3 Å². The maximum absolute atomic E-state index is 12.0. The molecule has 21 heavy (non-hydrogen) atoms. The Balaban J connectivity index is 2.09. The summed E-state index contributed by atoms with van der Waals surface area (Å²) in [5.74, 6) is -0.653. The Kier molecular flexibility index (Phi) is 4.65. The van der Waals surface area contributed by atoms with E-state index in [-0.39, 0.29) is 18.1 Å². The molecular formula is C14H17N5O2. The Morgan fingerprint density at radius 2 is 1.86 bits per heavy atom. The largest absolute Gasteiger partial charge is 0.355 e. The van der Waals surface area contributed by atoms with Crippen molar-refractivity contribution < 1.29 is 9.59 Å². The van der Waals surface area contributed by atoms with Gasteiger partial charge in [0.05, 0.1) is 17.9 Å². The Hall–Kier alpha value is -2.70. The molecule has 1 aromatic heterocycles. The minimum atomic E-state index is -0.416. The third-order valence-electron chi connectivity index (χ3n) is 2.77. The van der Waals surface area contributed by atoms with E-state index in [1.165, 1.54) is 4.80 Å². The molecule has 2 amide bonds. The number of nitrogens with one attached hydrogen (secondary N) is 2. The quantitative estimate of drug-likeness (QED) is 0.835. The summed E-state index contributed by atoms with van der Waals surface area (Å²) in [6.45, 7) is 3.96. The van der Waals surface area contributed by atoms with Crippen molar-refractivity contribution in [2.45, 2.75) is 13.8 Å². The molecule has 7 heteroatoms. The first-order chi connectivity index (χ1) is 10.1. The molecule has 0 aliphatic carbocycles. The molecule has 0 saturated carbocycles. The van der Waals surface area contributed by atoms with Crippen molar-refractivity contribution in [1.29, 1.82) is 0 Å². The number of benzene rings is 1. The van der Waals surface area contributed by atoms with Crippen LogP contribution < -0.4 is 10.6 Å². The Morgan fingerprint density at radius 3 is 2.52 bits per heavy atom. The van der Waals surface area contributed by atoms with Crippen molar-refractivity contribution in [2.75, 3.05) is 13.1 Å². The van der Waals surface area contributed by atoms with Crippen LogP contribution >= 0.6 is 0 Å². The summed E-state index contributed by atoms with van der Waals surface area (Å²) in [7, 11) is 0. The average Bonchev–Trinajstić information content (AvgIpc) is 2.88. The second-order valence-electron chi connectivity index (χ2n) is 4.40. The minimum absolute atomic E-state index is 0.0791. The number of aromatic nitrogens is 3. The third-order valence-corrected chi connectivity index (χ3v) is 2.77. The van der Waals surface area contributed by atoms with E-state index >= 15 is 0 Å². The van der Waals surface area contributed by atoms with Gasteiger partial charge in [-0.25, -0.2) is 0 Å². The van der Waals surface area contributed by atoms with E-state index in [1.807, 2.05) is 37.3 Å². The highest BCUT2D eigenvalue weighted by molar-refractivity contribution is 5.95. The molecule has 0 aliphatic heterocycles. The van der Waals surface area contributed by atoms with Crippen molar-refractivity contribution in [3.8, 4) is 5.69 Å². The van der Waals surface area contributed by atoms with E-state index in [2.05, 4.69) is 20.8 Å². The molecule has 2 aromatic rings. The SMILES string of the molecule is CCNC(=O)CNC(=O)c1nn(-c2ccccc2)nc1C. The molecule has 0 fully saturated rings. The highest BCUT2D eigenvalue weighted by atomic mass is 16.2. The second kappa shape index (κ2) is 6.65. The van der Waals surface area contributed by atoms with Crippen molar-refractivity contribution in [2.24, 2.45) is 0 Å². The number of aryl methyl sites for hydroxylation is 1. The molecule has 0 atom stereocenters. The van der Waals surface area contributed by atoms with Crippen molar-refractivity contribution in [3.63, 3.8) is 0 Å². The summed E-state index contributed by atoms with van der Waals surface area (Å²) in [6.07, 6.45) is 0. The van der Waals surface area contributed by atoms with Crippen LogP contribution in [0.3, 0.4) is 0 Å². The lowest BCUT2D eigenvalue weighted by Gasteiger charge is -2.03. The van der Waals surface area contributed by atoms with E-state index in [0.29, 0.717) is 12.2 Å². The van der Waals surface area contributed by atoms with Crippen molar-refractivity contribution in [1.82, 2.24) is 25.6 Å². The molecule has 110 valence electrons. The molecule has 2 N–H and O–H groups in total. The highest BCUT2D eigenvalue weighted by Gasteiger charge is 2.16. The first-order valence-corrected chi connectivity index (χ1v) is 6.66. The number of rotatable bonds is 5. The number of likely N-dealkylation sites (N-methyl/N-ethyl adjacent to an activating group) is 1. The van der Waals surface area contributed by atoms with Gasteiger partial charge in [0.15, 0.2) is 5.69 Å². The Morgan fingerprint density at radius 1 is 1.14 bits per heavy atom. The van der Waals surface area contributed by atoms with Crippen molar-refractivity contribution in [3.05, 3.63) is 41.7 Å². The minimum Gasteiger partial charge on any atom is -0.355 e. The number of amides is 2. The number of carbonyl (C=O) groups is 2. The van der Waals surface area contributed by atoms with Crippen LogP contribution in [0.1, 0.15) is 23.1 Å². The fourth-order valence-electron chi connectivity index (χ4n) is 1.77. The van der Waals surface area contributed by atoms with Gasteiger partial charge < -0.3 is 10.6 Å². The maximum atomic E-state index is 12.0. The number of hydrogen-bond acceptors (Lipinski definition) is 4. The standard InChI is InChI=1S/C14H17N5O2/c1-3-15-12(20)9-16-14(21)13-10(2)17-19(18-13)11-7-5-4-6-8-11/h4-8H,3,9H2,1-2H3,(H,15,20)(H,16,21). The van der Waals surface area contributed by atoms with Crippen LogP contribution in [0, 0.1) is 6.92 Å². The van der Waals surface area contributed by atoms with Gasteiger partial charge in [0.2, 0.25) is 5.91 Å². The number of nitrogens with zero attached hydrogens (tertiary/aromatic N) is 3. The molecule has 0 aliphatic rings. The highest BCUT2D eigenvalue weighted by Crippen LogP contribution is 2.07. The van der Waals surface area contributed by atoms with Crippen LogP contribution in [0.2, 0.25) is 0 Å². The molecule has 0 radical (unpaired) electrons. The fraction of sp³-hybridized carbons (Fsp3) is 0.286. The van der Waals surface area contributed by atoms with E-state index in [0.717, 1.165) is 5.69 Å². The van der Waals surface area contributed by atoms with Gasteiger partial charge in [-0.2, -0.15) is 9.90 Å². The second-order valence-corrected chi connectivity index (χ2v) is 4.40. The number of carbonyl (C=O) groups excluding carboxylic acids is 2. The smallest absolute Gasteiger partial charge is 0.274 e. The molecule has 0 saturated heterocycles. The number of para-hydroxylation sites is 1. The van der Waals surface area contributed by atoms with Crippen molar-refractivity contribution >= 4 is 11.8 Å². The van der Waals surface area contributed by atoms with Gasteiger partial charge in [-0.05, 0) is 26.0 Å². The molecule has 1 heterocycles. The molecule has 0 spiro atoms. The Bertz CT molecular complexity index is 636. The predicted octanol–water partition coefficient (Wildman–Crippen LogP) is 0.442. The monoisotopic (exact) mass is 287 g/mol. The van der Waals surface area contributed by atoms with Crippen LogP contribution in [0.5, 0.6) is 0 Å². The van der Waals surface area contributed by atoms with Crippen LogP contribution in [0.4, 0.5) is 0 Å². The zero-order chi connectivity index (χ0) is 15.2. The average molecular weight is 287 g/mol. The van der Waals surface area contributed by atoms with E-state index < -0.39 is 5.91 Å². The molecule has 2 rings (SSSR count). The van der Waals surface area contributed by atoms with E-state index in [9.17, 15) is 9.59 Å². The lowest BCUT2D eigenvalue weighted by Crippen LogP contribution is -2.37. The topological polar surface area (TPSA) is 88.9 Å². The molecular weight excluding hydrogens is 270 g/mol. The van der Waals surface area contributed by atoms with E-state index in [1.54, 1.807) is 6.92 Å². The summed E-state index contributed by atoms with van der Waals surface area (Å²) in [5, 5.41) is 13.5. The zero-order valence-electron chi connectivity index (χ0n) is 12.0. The van der Waals surface area contributed by atoms with Gasteiger partial charge >= 0.3 is 0 Å². The van der Waals surface area contributed by atoms with Gasteiger partial charge in [-0.1, -0.05) is 18.2 Å². The normalized spacial score (nSPS) is 10.2. The first-order valence-electron chi connectivity index (χ1n) is 6.66. The maximum Gasteiger partial charge on any atom is 0.274 e. The summed E-state index contributed by atoms with van der Waals surface area (Å²) >= 11 is 0. The fourth-order valence-corrected chi connectivity index (χ4v) is 1.77. The molecule has 0 unspecified atom stereocenters. The summed E-state index contributed by atoms with van der Waals surface area (Å²) in [6, 6.07) is 9.30. The lowest BCUT2D eigenvalue weighted by molar-refractivity contribution is -0.120. The van der Waals surface area contributed by atoms with Crippen LogP contribution in [-0.2, 0) is 4.79 Å². The Labute approximate surface area is 122 Å². The lowest BCUT2D eigenvalue weighted by atomic mass is 10.3. The van der Waals surface area contributed by atoms with Crippen LogP contribution in [0.25, 0.3) is 5.69 Å². The summed E-state index contributed by atoms with van der Waals surface area (Å²) < 4.78 is 0. The molecule has 1 aromatic carbocycles. The van der Waals surface area contributed by atoms with Gasteiger partial charge in [0.25, 0.3) is 5.91 Å².